The third kappa shape index (κ3) is 8.27. The molecule has 0 unspecified atom stereocenters. The lowest BCUT2D eigenvalue weighted by atomic mass is 9.87. The van der Waals surface area contributed by atoms with Gasteiger partial charge in [-0.05, 0) is 54.6 Å². The number of allylic oxidation sites excluding steroid dienone is 3. The van der Waals surface area contributed by atoms with Crippen LogP contribution in [0.1, 0.15) is 37.3 Å². The molecule has 4 heteroatoms. The third-order valence-corrected chi connectivity index (χ3v) is 6.54. The number of esters is 1. The Balaban J connectivity index is 1.61. The summed E-state index contributed by atoms with van der Waals surface area (Å²) in [6.45, 7) is 8.94. The van der Waals surface area contributed by atoms with E-state index in [9.17, 15) is 4.79 Å². The number of hydrogen-bond acceptors (Lipinski definition) is 4. The van der Waals surface area contributed by atoms with Crippen molar-refractivity contribution in [1.82, 2.24) is 0 Å². The Morgan fingerprint density at radius 1 is 0.912 bits per heavy atom. The van der Waals surface area contributed by atoms with Crippen LogP contribution < -0.4 is 0 Å². The van der Waals surface area contributed by atoms with Gasteiger partial charge in [-0.25, -0.2) is 0 Å². The Bertz CT molecular complexity index is 877. The molecule has 0 heterocycles. The van der Waals surface area contributed by atoms with Gasteiger partial charge in [-0.15, -0.1) is 6.58 Å². The van der Waals surface area contributed by atoms with Gasteiger partial charge in [0.15, 0.2) is 0 Å². The summed E-state index contributed by atoms with van der Waals surface area (Å²) in [4.78, 5) is 11.7. The summed E-state index contributed by atoms with van der Waals surface area (Å²) in [5, 5.41) is 0. The van der Waals surface area contributed by atoms with E-state index >= 15 is 0 Å². The number of carbonyl (C=O) groups excluding carboxylic acids is 1. The second-order valence-corrected chi connectivity index (χ2v) is 8.90. The van der Waals surface area contributed by atoms with Crippen LogP contribution >= 0.6 is 0 Å². The minimum Gasteiger partial charge on any atom is -0.466 e. The molecule has 0 spiro atoms. The highest BCUT2D eigenvalue weighted by Crippen LogP contribution is 2.43. The zero-order valence-electron chi connectivity index (χ0n) is 20.3. The standard InChI is InChI=1S/C30H38O4/c1-3-26-19-27(17-11-12-18-30(31)34-4-2)29(23-33-21-25-15-9-6-10-16-25)28(26)22-32-20-24-13-7-5-8-14-24/h3,5-11,13-17,26-29H,1,4,12,18-23H2,2H3/b17-11-/t26-,27+,28-,29+/m0/s1. The third-order valence-electron chi connectivity index (χ3n) is 6.54. The van der Waals surface area contributed by atoms with Crippen molar-refractivity contribution in [2.45, 2.75) is 39.4 Å². The van der Waals surface area contributed by atoms with Gasteiger partial charge in [0, 0.05) is 6.42 Å². The summed E-state index contributed by atoms with van der Waals surface area (Å²) < 4.78 is 17.4. The largest absolute Gasteiger partial charge is 0.466 e. The Kier molecular flexibility index (Phi) is 11.1. The Labute approximate surface area is 204 Å². The van der Waals surface area contributed by atoms with E-state index in [4.69, 9.17) is 14.2 Å². The number of benzene rings is 2. The van der Waals surface area contributed by atoms with Crippen LogP contribution in [-0.4, -0.2) is 25.8 Å². The fourth-order valence-electron chi connectivity index (χ4n) is 4.77. The van der Waals surface area contributed by atoms with Crippen molar-refractivity contribution in [3.63, 3.8) is 0 Å². The van der Waals surface area contributed by atoms with Crippen molar-refractivity contribution in [1.29, 1.82) is 0 Å². The lowest BCUT2D eigenvalue weighted by molar-refractivity contribution is -0.143. The van der Waals surface area contributed by atoms with Gasteiger partial charge in [0.05, 0.1) is 33.0 Å². The maximum Gasteiger partial charge on any atom is 0.306 e. The van der Waals surface area contributed by atoms with Crippen LogP contribution in [0.3, 0.4) is 0 Å². The maximum atomic E-state index is 11.7. The molecule has 4 nitrogen and oxygen atoms in total. The summed E-state index contributed by atoms with van der Waals surface area (Å²) >= 11 is 0. The summed E-state index contributed by atoms with van der Waals surface area (Å²) in [5.41, 5.74) is 2.36. The molecule has 1 saturated carbocycles. The normalized spacial score (nSPS) is 22.1. The molecule has 2 aromatic rings. The van der Waals surface area contributed by atoms with Gasteiger partial charge in [-0.1, -0.05) is 78.9 Å². The van der Waals surface area contributed by atoms with Crippen molar-refractivity contribution in [3.8, 4) is 0 Å². The molecule has 1 aliphatic carbocycles. The van der Waals surface area contributed by atoms with Crippen LogP contribution in [0.15, 0.2) is 85.5 Å². The van der Waals surface area contributed by atoms with Crippen LogP contribution in [0.5, 0.6) is 0 Å². The molecule has 4 atom stereocenters. The van der Waals surface area contributed by atoms with Crippen molar-refractivity contribution in [2.24, 2.45) is 23.7 Å². The van der Waals surface area contributed by atoms with E-state index in [0.29, 0.717) is 69.5 Å². The molecule has 34 heavy (non-hydrogen) atoms. The fraction of sp³-hybridized carbons (Fsp3) is 0.433. The van der Waals surface area contributed by atoms with Gasteiger partial charge < -0.3 is 14.2 Å². The van der Waals surface area contributed by atoms with E-state index in [1.807, 2.05) is 43.3 Å². The Hall–Kier alpha value is -2.69. The molecule has 0 aromatic heterocycles. The Morgan fingerprint density at radius 2 is 1.47 bits per heavy atom. The number of carbonyl (C=O) groups is 1. The highest BCUT2D eigenvalue weighted by molar-refractivity contribution is 5.69. The summed E-state index contributed by atoms with van der Waals surface area (Å²) in [6, 6.07) is 20.6. The lowest BCUT2D eigenvalue weighted by Gasteiger charge is -2.25. The molecule has 0 N–H and O–H groups in total. The van der Waals surface area contributed by atoms with E-state index in [1.165, 1.54) is 11.1 Å². The second-order valence-electron chi connectivity index (χ2n) is 8.90. The molecular weight excluding hydrogens is 424 g/mol. The van der Waals surface area contributed by atoms with Crippen LogP contribution in [0, 0.1) is 23.7 Å². The summed E-state index contributed by atoms with van der Waals surface area (Å²) in [6.07, 6.45) is 8.61. The first-order valence-electron chi connectivity index (χ1n) is 12.4. The molecule has 2 aromatic carbocycles. The van der Waals surface area contributed by atoms with Gasteiger partial charge in [-0.2, -0.15) is 0 Å². The van der Waals surface area contributed by atoms with Gasteiger partial charge in [0.25, 0.3) is 0 Å². The molecule has 1 aliphatic rings. The smallest absolute Gasteiger partial charge is 0.306 e. The molecule has 0 aliphatic heterocycles. The maximum absolute atomic E-state index is 11.7. The van der Waals surface area contributed by atoms with Crippen molar-refractivity contribution >= 4 is 5.97 Å². The van der Waals surface area contributed by atoms with Gasteiger partial charge in [0.1, 0.15) is 0 Å². The van der Waals surface area contributed by atoms with E-state index in [-0.39, 0.29) is 5.97 Å². The van der Waals surface area contributed by atoms with Crippen molar-refractivity contribution in [3.05, 3.63) is 96.6 Å². The average Bonchev–Trinajstić information content (AvgIpc) is 3.20. The molecular formula is C30H38O4. The molecule has 3 rings (SSSR count). The second kappa shape index (κ2) is 14.5. The Morgan fingerprint density at radius 3 is 2.00 bits per heavy atom. The predicted octanol–water partition coefficient (Wildman–Crippen LogP) is 6.37. The first-order chi connectivity index (χ1) is 16.7. The highest BCUT2D eigenvalue weighted by Gasteiger charge is 2.40. The van der Waals surface area contributed by atoms with Crippen molar-refractivity contribution < 1.29 is 19.0 Å². The number of rotatable bonds is 14. The van der Waals surface area contributed by atoms with E-state index in [1.54, 1.807) is 0 Å². The lowest BCUT2D eigenvalue weighted by Crippen LogP contribution is -2.26. The molecule has 1 fully saturated rings. The zero-order chi connectivity index (χ0) is 24.0. The average molecular weight is 463 g/mol. The molecule has 0 radical (unpaired) electrons. The number of hydrogen-bond donors (Lipinski definition) is 0. The van der Waals surface area contributed by atoms with E-state index < -0.39 is 0 Å². The minimum absolute atomic E-state index is 0.141. The molecule has 182 valence electrons. The SMILES string of the molecule is C=C[C@H]1C[C@@H](/C=C\CCC(=O)OCC)[C@@H](COCc2ccccc2)[C@H]1COCc1ccccc1. The fourth-order valence-corrected chi connectivity index (χ4v) is 4.77. The van der Waals surface area contributed by atoms with Crippen molar-refractivity contribution in [2.75, 3.05) is 19.8 Å². The predicted molar refractivity (Wildman–Crippen MR) is 136 cm³/mol. The topological polar surface area (TPSA) is 44.8 Å². The minimum atomic E-state index is -0.141. The van der Waals surface area contributed by atoms with Crippen LogP contribution in [0.25, 0.3) is 0 Å². The number of ether oxygens (including phenoxy) is 3. The van der Waals surface area contributed by atoms with Crippen LogP contribution in [0.2, 0.25) is 0 Å². The molecule has 0 bridgehead atoms. The highest BCUT2D eigenvalue weighted by atomic mass is 16.5. The molecule has 0 saturated heterocycles. The zero-order valence-corrected chi connectivity index (χ0v) is 20.3. The summed E-state index contributed by atoms with van der Waals surface area (Å²) in [7, 11) is 0. The van der Waals surface area contributed by atoms with Crippen LogP contribution in [-0.2, 0) is 32.2 Å². The first kappa shape index (κ1) is 25.9. The van der Waals surface area contributed by atoms with E-state index in [0.717, 1.165) is 6.42 Å². The van der Waals surface area contributed by atoms with E-state index in [2.05, 4.69) is 49.1 Å². The summed E-state index contributed by atoms with van der Waals surface area (Å²) in [5.74, 6) is 1.28. The van der Waals surface area contributed by atoms with Gasteiger partial charge >= 0.3 is 5.97 Å². The van der Waals surface area contributed by atoms with Gasteiger partial charge in [0.2, 0.25) is 0 Å². The van der Waals surface area contributed by atoms with Gasteiger partial charge in [-0.3, -0.25) is 4.79 Å². The first-order valence-corrected chi connectivity index (χ1v) is 12.4. The van der Waals surface area contributed by atoms with Crippen LogP contribution in [0.4, 0.5) is 0 Å². The quantitative estimate of drug-likeness (QED) is 0.242. The molecule has 0 amide bonds. The monoisotopic (exact) mass is 462 g/mol.